The first-order valence-corrected chi connectivity index (χ1v) is 8.80. The summed E-state index contributed by atoms with van der Waals surface area (Å²) in [6, 6.07) is 3.66. The molecule has 6 heteroatoms. The molecule has 0 bridgehead atoms. The van der Waals surface area contributed by atoms with E-state index >= 15 is 0 Å². The Hall–Kier alpha value is -1.79. The smallest absolute Gasteiger partial charge is 0.260 e. The Morgan fingerprint density at radius 2 is 2.41 bits per heavy atom. The van der Waals surface area contributed by atoms with E-state index in [4.69, 9.17) is 4.42 Å². The molecular weight excluding hydrogens is 316 g/mol. The zero-order valence-corrected chi connectivity index (χ0v) is 14.0. The molecule has 0 aliphatic carbocycles. The molecule has 0 aliphatic rings. The quantitative estimate of drug-likeness (QED) is 0.693. The van der Waals surface area contributed by atoms with Crippen LogP contribution in [0.4, 0.5) is 0 Å². The summed E-state index contributed by atoms with van der Waals surface area (Å²) in [4.78, 5) is 20.7. The van der Waals surface area contributed by atoms with E-state index in [2.05, 4.69) is 16.5 Å². The van der Waals surface area contributed by atoms with Gasteiger partial charge in [0.2, 0.25) is 0 Å². The molecule has 3 rings (SSSR count). The maximum atomic E-state index is 12.5. The second-order valence-corrected chi connectivity index (χ2v) is 7.36. The van der Waals surface area contributed by atoms with Gasteiger partial charge in [-0.15, -0.1) is 23.1 Å². The van der Waals surface area contributed by atoms with Gasteiger partial charge in [-0.25, -0.2) is 4.98 Å². The first-order chi connectivity index (χ1) is 10.6. The number of thioether (sulfide) groups is 1. The minimum Gasteiger partial charge on any atom is -0.464 e. The van der Waals surface area contributed by atoms with Crippen LogP contribution >= 0.6 is 23.1 Å². The van der Waals surface area contributed by atoms with Crippen molar-refractivity contribution in [3.8, 4) is 11.3 Å². The van der Waals surface area contributed by atoms with Crippen LogP contribution in [0.2, 0.25) is 0 Å². The summed E-state index contributed by atoms with van der Waals surface area (Å²) in [5.41, 5.74) is 1.79. The maximum absolute atomic E-state index is 12.5. The lowest BCUT2D eigenvalue weighted by atomic mass is 10.2. The predicted octanol–water partition coefficient (Wildman–Crippen LogP) is 4.61. The average Bonchev–Trinajstić information content (AvgIpc) is 3.12. The third kappa shape index (κ3) is 2.89. The van der Waals surface area contributed by atoms with Gasteiger partial charge in [0.25, 0.3) is 5.56 Å². The summed E-state index contributed by atoms with van der Waals surface area (Å²) in [5.74, 6) is 2.25. The molecule has 0 spiro atoms. The normalized spacial score (nSPS) is 12.6. The topological polar surface area (TPSA) is 58.9 Å². The van der Waals surface area contributed by atoms with Crippen molar-refractivity contribution in [3.63, 3.8) is 0 Å². The van der Waals surface area contributed by atoms with Crippen LogP contribution in [0.3, 0.4) is 0 Å². The Balaban J connectivity index is 2.00. The van der Waals surface area contributed by atoms with E-state index in [0.29, 0.717) is 17.0 Å². The summed E-state index contributed by atoms with van der Waals surface area (Å²) in [5, 5.41) is 2.63. The fourth-order valence-electron chi connectivity index (χ4n) is 2.12. The van der Waals surface area contributed by atoms with Crippen LogP contribution in [-0.4, -0.2) is 15.7 Å². The van der Waals surface area contributed by atoms with Crippen LogP contribution in [0.25, 0.3) is 21.5 Å². The number of fused-ring (bicyclic) bond motifs is 1. The van der Waals surface area contributed by atoms with E-state index < -0.39 is 0 Å². The van der Waals surface area contributed by atoms with Gasteiger partial charge in [0.15, 0.2) is 0 Å². The standard InChI is InChI=1S/C16H16N2O2S2/c1-9(2)7-21-10(3)14-17-15(19)13-11(8-22-16(13)18-14)12-5-4-6-20-12/h4-6,8,10H,1,7H2,2-3H3,(H,17,18,19)/t10-/m0/s1. The molecule has 0 amide bonds. The highest BCUT2D eigenvalue weighted by Gasteiger charge is 2.17. The molecule has 0 aliphatic heterocycles. The zero-order valence-electron chi connectivity index (χ0n) is 12.4. The molecule has 3 aromatic heterocycles. The molecule has 4 nitrogen and oxygen atoms in total. The third-order valence-corrected chi connectivity index (χ3v) is 5.47. The van der Waals surface area contributed by atoms with Crippen molar-refractivity contribution in [2.75, 3.05) is 5.75 Å². The van der Waals surface area contributed by atoms with E-state index in [-0.39, 0.29) is 10.8 Å². The fourth-order valence-corrected chi connectivity index (χ4v) is 3.86. The van der Waals surface area contributed by atoms with E-state index in [1.807, 2.05) is 31.4 Å². The molecule has 1 N–H and O–H groups in total. The van der Waals surface area contributed by atoms with E-state index in [9.17, 15) is 4.79 Å². The third-order valence-electron chi connectivity index (χ3n) is 3.21. The minimum absolute atomic E-state index is 0.114. The van der Waals surface area contributed by atoms with Crippen LogP contribution in [0.15, 0.2) is 45.1 Å². The number of nitrogens with zero attached hydrogens (tertiary/aromatic N) is 1. The monoisotopic (exact) mass is 332 g/mol. The van der Waals surface area contributed by atoms with E-state index in [1.54, 1.807) is 18.0 Å². The van der Waals surface area contributed by atoms with Crippen LogP contribution in [0.1, 0.15) is 24.9 Å². The van der Waals surface area contributed by atoms with Crippen LogP contribution < -0.4 is 5.56 Å². The highest BCUT2D eigenvalue weighted by Crippen LogP contribution is 2.33. The van der Waals surface area contributed by atoms with Gasteiger partial charge in [-0.1, -0.05) is 12.2 Å². The van der Waals surface area contributed by atoms with Gasteiger partial charge in [-0.2, -0.15) is 0 Å². The molecule has 0 aromatic carbocycles. The van der Waals surface area contributed by atoms with Gasteiger partial charge in [0, 0.05) is 16.7 Å². The molecule has 114 valence electrons. The summed E-state index contributed by atoms with van der Waals surface area (Å²) in [7, 11) is 0. The number of hydrogen-bond acceptors (Lipinski definition) is 5. The van der Waals surface area contributed by atoms with Crippen LogP contribution in [0.5, 0.6) is 0 Å². The van der Waals surface area contributed by atoms with Gasteiger partial charge in [-0.05, 0) is 26.0 Å². The molecule has 1 atom stereocenters. The molecule has 3 heterocycles. The van der Waals surface area contributed by atoms with Crippen molar-refractivity contribution in [3.05, 3.63) is 52.1 Å². The first-order valence-electron chi connectivity index (χ1n) is 6.87. The molecule has 0 unspecified atom stereocenters. The zero-order chi connectivity index (χ0) is 15.7. The molecule has 3 aromatic rings. The Morgan fingerprint density at radius 1 is 1.59 bits per heavy atom. The summed E-state index contributed by atoms with van der Waals surface area (Å²) in [6.07, 6.45) is 1.60. The Morgan fingerprint density at radius 3 is 3.09 bits per heavy atom. The molecule has 0 saturated heterocycles. The second kappa shape index (κ2) is 6.14. The molecule has 0 fully saturated rings. The van der Waals surface area contributed by atoms with Crippen molar-refractivity contribution in [1.29, 1.82) is 0 Å². The van der Waals surface area contributed by atoms with Crippen molar-refractivity contribution in [1.82, 2.24) is 9.97 Å². The number of rotatable bonds is 5. The summed E-state index contributed by atoms with van der Waals surface area (Å²) < 4.78 is 5.40. The number of H-pyrrole nitrogens is 1. The SMILES string of the molecule is C=C(C)CS[C@@H](C)c1nc2scc(-c3ccco3)c2c(=O)[nH]1. The summed E-state index contributed by atoms with van der Waals surface area (Å²) in [6.45, 7) is 7.93. The number of aromatic amines is 1. The predicted molar refractivity (Wildman–Crippen MR) is 93.6 cm³/mol. The van der Waals surface area contributed by atoms with Gasteiger partial charge in [-0.3, -0.25) is 4.79 Å². The maximum Gasteiger partial charge on any atom is 0.260 e. The van der Waals surface area contributed by atoms with E-state index in [1.165, 1.54) is 11.3 Å². The van der Waals surface area contributed by atoms with Crippen LogP contribution in [-0.2, 0) is 0 Å². The Kier molecular flexibility index (Phi) is 4.22. The molecular formula is C16H16N2O2S2. The van der Waals surface area contributed by atoms with Gasteiger partial charge in [0.1, 0.15) is 16.4 Å². The highest BCUT2D eigenvalue weighted by molar-refractivity contribution is 7.99. The summed E-state index contributed by atoms with van der Waals surface area (Å²) >= 11 is 3.18. The van der Waals surface area contributed by atoms with Crippen molar-refractivity contribution in [2.45, 2.75) is 19.1 Å². The molecule has 0 saturated carbocycles. The minimum atomic E-state index is -0.115. The lowest BCUT2D eigenvalue weighted by Crippen LogP contribution is -2.12. The fraction of sp³-hybridized carbons (Fsp3) is 0.250. The molecule has 22 heavy (non-hydrogen) atoms. The highest BCUT2D eigenvalue weighted by atomic mass is 32.2. The lowest BCUT2D eigenvalue weighted by Gasteiger charge is -2.10. The molecule has 0 radical (unpaired) electrons. The number of hydrogen-bond donors (Lipinski definition) is 1. The van der Waals surface area contributed by atoms with Gasteiger partial charge >= 0.3 is 0 Å². The van der Waals surface area contributed by atoms with Crippen molar-refractivity contribution < 1.29 is 4.42 Å². The lowest BCUT2D eigenvalue weighted by molar-refractivity contribution is 0.583. The van der Waals surface area contributed by atoms with Crippen molar-refractivity contribution >= 4 is 33.3 Å². The number of furan rings is 1. The van der Waals surface area contributed by atoms with Gasteiger partial charge in [0.05, 0.1) is 16.9 Å². The van der Waals surface area contributed by atoms with E-state index in [0.717, 1.165) is 21.7 Å². The number of thiophene rings is 1. The Labute approximate surface area is 136 Å². The average molecular weight is 332 g/mol. The first kappa shape index (κ1) is 15.1. The van der Waals surface area contributed by atoms with Crippen molar-refractivity contribution in [2.24, 2.45) is 0 Å². The number of nitrogens with one attached hydrogen (secondary N) is 1. The van der Waals surface area contributed by atoms with Crippen LogP contribution in [0, 0.1) is 0 Å². The van der Waals surface area contributed by atoms with Gasteiger partial charge < -0.3 is 9.40 Å². The Bertz CT molecular complexity index is 862. The largest absolute Gasteiger partial charge is 0.464 e. The number of aromatic nitrogens is 2. The second-order valence-electron chi connectivity index (χ2n) is 5.17.